The molecule has 2 nitrogen and oxygen atoms in total. The summed E-state index contributed by atoms with van der Waals surface area (Å²) >= 11 is 1.79. The molecule has 0 aromatic heterocycles. The van der Waals surface area contributed by atoms with Crippen LogP contribution in [0.25, 0.3) is 11.1 Å². The molecule has 0 N–H and O–H groups in total. The zero-order valence-corrected chi connectivity index (χ0v) is 15.9. The summed E-state index contributed by atoms with van der Waals surface area (Å²) in [6, 6.07) is 35.4. The quantitative estimate of drug-likeness (QED) is 0.327. The van der Waals surface area contributed by atoms with Crippen LogP contribution in [0.3, 0.4) is 0 Å². The van der Waals surface area contributed by atoms with Gasteiger partial charge in [-0.3, -0.25) is 0 Å². The van der Waals surface area contributed by atoms with Crippen molar-refractivity contribution in [2.75, 3.05) is 4.90 Å². The minimum atomic E-state index is 0.655. The highest BCUT2D eigenvalue weighted by Crippen LogP contribution is 2.52. The van der Waals surface area contributed by atoms with Gasteiger partial charge in [-0.15, -0.1) is 0 Å². The third-order valence-corrected chi connectivity index (χ3v) is 6.02. The Balaban J connectivity index is 1.82. The van der Waals surface area contributed by atoms with Gasteiger partial charge >= 0.3 is 0 Å². The second kappa shape index (κ2) is 6.92. The van der Waals surface area contributed by atoms with E-state index in [1.54, 1.807) is 11.8 Å². The van der Waals surface area contributed by atoms with Gasteiger partial charge in [0, 0.05) is 15.4 Å². The molecule has 28 heavy (non-hydrogen) atoms. The number of fused-ring (bicyclic) bond motifs is 2. The lowest BCUT2D eigenvalue weighted by Gasteiger charge is -2.34. The molecule has 0 saturated heterocycles. The Morgan fingerprint density at radius 3 is 1.89 bits per heavy atom. The van der Waals surface area contributed by atoms with E-state index < -0.39 is 0 Å². The average Bonchev–Trinajstić information content (AvgIpc) is 2.77. The van der Waals surface area contributed by atoms with E-state index in [1.165, 1.54) is 9.79 Å². The first-order valence-corrected chi connectivity index (χ1v) is 9.92. The van der Waals surface area contributed by atoms with Crippen molar-refractivity contribution in [2.24, 2.45) is 0 Å². The number of nitriles is 1. The molecule has 0 atom stereocenters. The van der Waals surface area contributed by atoms with Gasteiger partial charge < -0.3 is 4.90 Å². The van der Waals surface area contributed by atoms with Crippen molar-refractivity contribution in [1.29, 1.82) is 5.26 Å². The monoisotopic (exact) mass is 376 g/mol. The van der Waals surface area contributed by atoms with Crippen LogP contribution in [0.4, 0.5) is 17.1 Å². The van der Waals surface area contributed by atoms with E-state index >= 15 is 0 Å². The molecule has 0 amide bonds. The minimum absolute atomic E-state index is 0.655. The first kappa shape index (κ1) is 16.7. The zero-order valence-electron chi connectivity index (χ0n) is 15.0. The molecule has 0 aliphatic carbocycles. The Hall–Kier alpha value is -3.48. The summed E-state index contributed by atoms with van der Waals surface area (Å²) in [5.74, 6) is 0. The van der Waals surface area contributed by atoms with Crippen molar-refractivity contribution < 1.29 is 0 Å². The highest BCUT2D eigenvalue weighted by atomic mass is 32.2. The van der Waals surface area contributed by atoms with E-state index in [0.29, 0.717) is 5.56 Å². The maximum absolute atomic E-state index is 9.54. The van der Waals surface area contributed by atoms with Crippen LogP contribution in [0.15, 0.2) is 107 Å². The van der Waals surface area contributed by atoms with Crippen LogP contribution in [-0.2, 0) is 0 Å². The van der Waals surface area contributed by atoms with Gasteiger partial charge in [0.25, 0.3) is 0 Å². The van der Waals surface area contributed by atoms with Crippen molar-refractivity contribution in [1.82, 2.24) is 0 Å². The number of benzene rings is 4. The molecule has 4 aromatic rings. The van der Waals surface area contributed by atoms with Crippen molar-refractivity contribution in [3.05, 3.63) is 103 Å². The van der Waals surface area contributed by atoms with Crippen molar-refractivity contribution >= 4 is 28.8 Å². The molecule has 0 saturated carbocycles. The second-order valence-corrected chi connectivity index (χ2v) is 7.67. The summed E-state index contributed by atoms with van der Waals surface area (Å²) < 4.78 is 0. The lowest BCUT2D eigenvalue weighted by Crippen LogP contribution is -2.15. The fraction of sp³-hybridized carbons (Fsp3) is 0. The van der Waals surface area contributed by atoms with Crippen molar-refractivity contribution in [3.8, 4) is 17.2 Å². The molecule has 0 unspecified atom stereocenters. The van der Waals surface area contributed by atoms with E-state index in [0.717, 1.165) is 28.2 Å². The van der Waals surface area contributed by atoms with E-state index in [-0.39, 0.29) is 0 Å². The molecule has 1 heterocycles. The molecule has 0 radical (unpaired) electrons. The molecule has 0 spiro atoms. The number of para-hydroxylation sites is 2. The molecule has 1 aliphatic rings. The Kier molecular flexibility index (Phi) is 4.12. The van der Waals surface area contributed by atoms with Gasteiger partial charge in [-0.1, -0.05) is 72.4 Å². The molecule has 0 bridgehead atoms. The van der Waals surface area contributed by atoms with Crippen LogP contribution < -0.4 is 4.90 Å². The Morgan fingerprint density at radius 2 is 1.25 bits per heavy atom. The van der Waals surface area contributed by atoms with Crippen LogP contribution in [0, 0.1) is 11.3 Å². The van der Waals surface area contributed by atoms with E-state index in [2.05, 4.69) is 77.7 Å². The normalized spacial score (nSPS) is 12.0. The largest absolute Gasteiger partial charge is 0.308 e. The number of rotatable bonds is 2. The van der Waals surface area contributed by atoms with Gasteiger partial charge in [0.2, 0.25) is 0 Å². The predicted molar refractivity (Wildman–Crippen MR) is 115 cm³/mol. The van der Waals surface area contributed by atoms with E-state index in [1.807, 2.05) is 30.3 Å². The number of nitrogens with zero attached hydrogens (tertiary/aromatic N) is 2. The highest BCUT2D eigenvalue weighted by Gasteiger charge is 2.26. The molecule has 0 fully saturated rings. The first-order chi connectivity index (χ1) is 13.8. The summed E-state index contributed by atoms with van der Waals surface area (Å²) in [6.45, 7) is 0. The van der Waals surface area contributed by atoms with Gasteiger partial charge in [-0.05, 0) is 42.0 Å². The smallest absolute Gasteiger partial charge is 0.0992 e. The van der Waals surface area contributed by atoms with Gasteiger partial charge in [0.05, 0.1) is 28.7 Å². The first-order valence-electron chi connectivity index (χ1n) is 9.11. The standard InChI is InChI=1S/C25H16N2S/c26-17-18-14-15-20(19-8-2-1-3-9-19)23(16-18)27-21-10-4-6-12-24(21)28-25-13-7-5-11-22(25)27/h1-16H. The minimum Gasteiger partial charge on any atom is -0.308 e. The van der Waals surface area contributed by atoms with Gasteiger partial charge in [0.15, 0.2) is 0 Å². The van der Waals surface area contributed by atoms with E-state index in [4.69, 9.17) is 0 Å². The third kappa shape index (κ3) is 2.76. The average molecular weight is 376 g/mol. The topological polar surface area (TPSA) is 27.0 Å². The van der Waals surface area contributed by atoms with Gasteiger partial charge in [-0.25, -0.2) is 0 Å². The summed E-state index contributed by atoms with van der Waals surface area (Å²) in [5, 5.41) is 9.54. The number of anilines is 3. The second-order valence-electron chi connectivity index (χ2n) is 6.58. The van der Waals surface area contributed by atoms with E-state index in [9.17, 15) is 5.26 Å². The molecular formula is C25H16N2S. The molecule has 5 rings (SSSR count). The molecule has 3 heteroatoms. The maximum atomic E-state index is 9.54. The third-order valence-electron chi connectivity index (χ3n) is 4.88. The fourth-order valence-corrected chi connectivity index (χ4v) is 4.67. The zero-order chi connectivity index (χ0) is 18.9. The van der Waals surface area contributed by atoms with Crippen LogP contribution >= 0.6 is 11.8 Å². The van der Waals surface area contributed by atoms with Crippen molar-refractivity contribution in [2.45, 2.75) is 9.79 Å². The Morgan fingerprint density at radius 1 is 0.643 bits per heavy atom. The maximum Gasteiger partial charge on any atom is 0.0992 e. The molecule has 1 aliphatic heterocycles. The summed E-state index contributed by atoms with van der Waals surface area (Å²) in [6.07, 6.45) is 0. The summed E-state index contributed by atoms with van der Waals surface area (Å²) in [4.78, 5) is 4.70. The summed E-state index contributed by atoms with van der Waals surface area (Å²) in [7, 11) is 0. The predicted octanol–water partition coefficient (Wildman–Crippen LogP) is 7.16. The molecule has 132 valence electrons. The SMILES string of the molecule is N#Cc1ccc(-c2ccccc2)c(N2c3ccccc3Sc3ccccc32)c1. The van der Waals surface area contributed by atoms with Gasteiger partial charge in [-0.2, -0.15) is 5.26 Å². The van der Waals surface area contributed by atoms with Crippen LogP contribution in [0.1, 0.15) is 5.56 Å². The Bertz CT molecular complexity index is 1160. The lowest BCUT2D eigenvalue weighted by atomic mass is 10.00. The van der Waals surface area contributed by atoms with Crippen LogP contribution in [0.2, 0.25) is 0 Å². The number of hydrogen-bond donors (Lipinski definition) is 0. The van der Waals surface area contributed by atoms with Gasteiger partial charge in [0.1, 0.15) is 0 Å². The Labute approximate surface area is 168 Å². The summed E-state index contributed by atoms with van der Waals surface area (Å²) in [5.41, 5.74) is 6.19. The van der Waals surface area contributed by atoms with Crippen LogP contribution in [0.5, 0.6) is 0 Å². The fourth-order valence-electron chi connectivity index (χ4n) is 3.61. The molecular weight excluding hydrogens is 360 g/mol. The lowest BCUT2D eigenvalue weighted by molar-refractivity contribution is 1.16. The highest BCUT2D eigenvalue weighted by molar-refractivity contribution is 7.99. The van der Waals surface area contributed by atoms with Crippen molar-refractivity contribution in [3.63, 3.8) is 0 Å². The van der Waals surface area contributed by atoms with Crippen LogP contribution in [-0.4, -0.2) is 0 Å². The molecule has 4 aromatic carbocycles. The number of hydrogen-bond acceptors (Lipinski definition) is 3.